The monoisotopic (exact) mass is 560 g/mol. The molecule has 9 nitrogen and oxygen atoms in total. The Kier molecular flexibility index (Phi) is 7.55. The fourth-order valence-corrected chi connectivity index (χ4v) is 4.86. The summed E-state index contributed by atoms with van der Waals surface area (Å²) in [6.07, 6.45) is 3.19. The number of hydrogen-bond acceptors (Lipinski definition) is 6. The van der Waals surface area contributed by atoms with E-state index in [9.17, 15) is 9.59 Å². The number of rotatable bonds is 6. The zero-order valence-corrected chi connectivity index (χ0v) is 21.8. The molecule has 3 heterocycles. The molecule has 2 aliphatic heterocycles. The molecule has 2 N–H and O–H groups in total. The first kappa shape index (κ1) is 25.4. The van der Waals surface area contributed by atoms with Gasteiger partial charge in [0.15, 0.2) is 10.9 Å². The second-order valence-corrected chi connectivity index (χ2v) is 10.1. The minimum absolute atomic E-state index is 0.0640. The summed E-state index contributed by atoms with van der Waals surface area (Å²) in [6.45, 7) is 2.43. The number of H-pyrrole nitrogens is 1. The predicted molar refractivity (Wildman–Crippen MR) is 144 cm³/mol. The first-order valence-corrected chi connectivity index (χ1v) is 12.9. The van der Waals surface area contributed by atoms with Gasteiger partial charge < -0.3 is 24.9 Å². The van der Waals surface area contributed by atoms with Crippen LogP contribution in [0.4, 0.5) is 11.4 Å². The van der Waals surface area contributed by atoms with Crippen molar-refractivity contribution in [2.45, 2.75) is 17.4 Å². The maximum atomic E-state index is 12.7. The molecule has 2 aromatic carbocycles. The van der Waals surface area contributed by atoms with E-state index in [1.807, 2.05) is 35.2 Å². The number of amides is 2. The number of benzene rings is 2. The van der Waals surface area contributed by atoms with Gasteiger partial charge in [0.05, 0.1) is 23.3 Å². The number of anilines is 2. The molecule has 0 radical (unpaired) electrons. The van der Waals surface area contributed by atoms with Crippen LogP contribution < -0.4 is 10.2 Å². The van der Waals surface area contributed by atoms with Crippen LogP contribution in [-0.4, -0.2) is 63.4 Å². The van der Waals surface area contributed by atoms with Gasteiger partial charge in [-0.05, 0) is 29.8 Å². The number of imidazole rings is 1. The third-order valence-corrected chi connectivity index (χ3v) is 7.02. The van der Waals surface area contributed by atoms with E-state index in [1.54, 1.807) is 12.1 Å². The fourth-order valence-electron chi connectivity index (χ4n) is 4.47. The van der Waals surface area contributed by atoms with Crippen molar-refractivity contribution in [2.75, 3.05) is 36.4 Å². The molecule has 0 bridgehead atoms. The summed E-state index contributed by atoms with van der Waals surface area (Å²) >= 11 is 18.0. The lowest BCUT2D eigenvalue weighted by Crippen LogP contribution is -2.49. The molecule has 37 heavy (non-hydrogen) atoms. The van der Waals surface area contributed by atoms with Crippen LogP contribution in [0, 0.1) is 0 Å². The van der Waals surface area contributed by atoms with E-state index < -0.39 is 10.7 Å². The third-order valence-electron chi connectivity index (χ3n) is 6.31. The Bertz CT molecular complexity index is 1320. The highest BCUT2D eigenvalue weighted by Gasteiger charge is 2.30. The summed E-state index contributed by atoms with van der Waals surface area (Å²) in [6, 6.07) is 13.0. The third kappa shape index (κ3) is 5.53. The van der Waals surface area contributed by atoms with E-state index in [1.165, 1.54) is 12.5 Å². The minimum Gasteiger partial charge on any atom is -0.387 e. The quantitative estimate of drug-likeness (QED) is 0.427. The van der Waals surface area contributed by atoms with Crippen LogP contribution in [0.15, 0.2) is 60.1 Å². The van der Waals surface area contributed by atoms with Gasteiger partial charge in [-0.15, -0.1) is 0 Å². The van der Waals surface area contributed by atoms with Gasteiger partial charge in [-0.25, -0.2) is 4.98 Å². The summed E-state index contributed by atoms with van der Waals surface area (Å²) in [5.41, 5.74) is 4.38. The zero-order valence-electron chi connectivity index (χ0n) is 19.5. The van der Waals surface area contributed by atoms with Gasteiger partial charge in [-0.2, -0.15) is 0 Å². The lowest BCUT2D eigenvalue weighted by atomic mass is 9.98. The molecule has 3 aromatic rings. The Balaban J connectivity index is 1.29. The van der Waals surface area contributed by atoms with Gasteiger partial charge in [0, 0.05) is 49.5 Å². The minimum atomic E-state index is -1.16. The highest BCUT2D eigenvalue weighted by atomic mass is 35.5. The molecule has 0 saturated carbocycles. The highest BCUT2D eigenvalue weighted by molar-refractivity contribution is 6.54. The van der Waals surface area contributed by atoms with Crippen LogP contribution in [0.3, 0.4) is 0 Å². The Morgan fingerprint density at radius 3 is 2.62 bits per heavy atom. The Morgan fingerprint density at radius 2 is 1.89 bits per heavy atom. The molecule has 1 aromatic heterocycles. The number of nitrogens with zero attached hydrogens (tertiary/aromatic N) is 4. The Labute approximate surface area is 228 Å². The Morgan fingerprint density at radius 1 is 1.11 bits per heavy atom. The van der Waals surface area contributed by atoms with Gasteiger partial charge in [0.2, 0.25) is 0 Å². The second kappa shape index (κ2) is 11.0. The number of halogens is 3. The maximum Gasteiger partial charge on any atom is 0.272 e. The number of piperazine rings is 1. The number of nitrogens with one attached hydrogen (secondary N) is 2. The average molecular weight is 562 g/mol. The molecule has 1 fully saturated rings. The highest BCUT2D eigenvalue weighted by Crippen LogP contribution is 2.37. The summed E-state index contributed by atoms with van der Waals surface area (Å²) in [4.78, 5) is 40.0. The molecular weight excluding hydrogens is 539 g/mol. The molecule has 0 aliphatic carbocycles. The smallest absolute Gasteiger partial charge is 0.272 e. The molecule has 0 spiro atoms. The number of aromatic nitrogens is 2. The summed E-state index contributed by atoms with van der Waals surface area (Å²) in [5.74, 6) is -0.567. The number of alkyl halides is 2. The standard InChI is InChI=1S/C25H23Cl3N6O3/c26-17-5-2-6-20(33-7-9-34(10-8-33)25(36)19-13-29-14-30-19)22(17)18-12-21(37-32-18)15-3-1-4-16(11-15)31-24(35)23(27)28/h1-6,11,13-14,21,23H,7-10,12H2,(H,29,30)(H,31,35). The SMILES string of the molecule is O=C(Nc1cccc(C2CC(c3c(Cl)cccc3N3CCN(C(=O)c4cnc[nH]4)CC3)=NO2)c1)C(Cl)Cl. The van der Waals surface area contributed by atoms with E-state index in [4.69, 9.17) is 39.6 Å². The number of aromatic amines is 1. The molecule has 192 valence electrons. The summed E-state index contributed by atoms with van der Waals surface area (Å²) in [5, 5.41) is 7.63. The van der Waals surface area contributed by atoms with Crippen molar-refractivity contribution < 1.29 is 14.4 Å². The lowest BCUT2D eigenvalue weighted by molar-refractivity contribution is -0.114. The van der Waals surface area contributed by atoms with E-state index >= 15 is 0 Å². The van der Waals surface area contributed by atoms with Crippen LogP contribution in [0.5, 0.6) is 0 Å². The van der Waals surface area contributed by atoms with Crippen LogP contribution in [0.25, 0.3) is 0 Å². The van der Waals surface area contributed by atoms with E-state index in [0.29, 0.717) is 49.0 Å². The molecule has 1 unspecified atom stereocenters. The molecular formula is C25H23Cl3N6O3. The summed E-state index contributed by atoms with van der Waals surface area (Å²) in [7, 11) is 0. The van der Waals surface area contributed by atoms with Gasteiger partial charge in [0.25, 0.3) is 11.8 Å². The molecule has 1 saturated heterocycles. The van der Waals surface area contributed by atoms with Crippen LogP contribution in [0.1, 0.15) is 34.1 Å². The van der Waals surface area contributed by atoms with E-state index in [-0.39, 0.29) is 12.0 Å². The fraction of sp³-hybridized carbons (Fsp3) is 0.280. The molecule has 2 amide bonds. The topological polar surface area (TPSA) is 103 Å². The largest absolute Gasteiger partial charge is 0.387 e. The zero-order chi connectivity index (χ0) is 25.9. The first-order valence-electron chi connectivity index (χ1n) is 11.6. The second-order valence-electron chi connectivity index (χ2n) is 8.63. The number of hydrogen-bond donors (Lipinski definition) is 2. The van der Waals surface area contributed by atoms with Crippen LogP contribution in [-0.2, 0) is 9.63 Å². The van der Waals surface area contributed by atoms with Crippen molar-refractivity contribution in [2.24, 2.45) is 5.16 Å². The average Bonchev–Trinajstić information content (AvgIpc) is 3.61. The molecule has 2 aliphatic rings. The first-order chi connectivity index (χ1) is 17.9. The summed E-state index contributed by atoms with van der Waals surface area (Å²) < 4.78 is 0. The van der Waals surface area contributed by atoms with Gasteiger partial charge in [0.1, 0.15) is 5.69 Å². The molecule has 12 heteroatoms. The van der Waals surface area contributed by atoms with Gasteiger partial charge in [-0.3, -0.25) is 9.59 Å². The number of carbonyl (C=O) groups excluding carboxylic acids is 2. The number of carbonyl (C=O) groups is 2. The van der Waals surface area contributed by atoms with Crippen LogP contribution in [0.2, 0.25) is 5.02 Å². The Hall–Kier alpha value is -3.27. The van der Waals surface area contributed by atoms with Crippen molar-refractivity contribution in [3.63, 3.8) is 0 Å². The number of oxime groups is 1. The van der Waals surface area contributed by atoms with Crippen molar-refractivity contribution in [1.82, 2.24) is 14.9 Å². The van der Waals surface area contributed by atoms with E-state index in [0.717, 1.165) is 22.5 Å². The van der Waals surface area contributed by atoms with Gasteiger partial charge in [-0.1, -0.05) is 58.2 Å². The van der Waals surface area contributed by atoms with Crippen molar-refractivity contribution >= 4 is 63.7 Å². The van der Waals surface area contributed by atoms with E-state index in [2.05, 4.69) is 25.3 Å². The normalized spacial score (nSPS) is 17.5. The van der Waals surface area contributed by atoms with Crippen molar-refractivity contribution in [3.8, 4) is 0 Å². The van der Waals surface area contributed by atoms with Gasteiger partial charge >= 0.3 is 0 Å². The van der Waals surface area contributed by atoms with Crippen molar-refractivity contribution in [1.29, 1.82) is 0 Å². The lowest BCUT2D eigenvalue weighted by Gasteiger charge is -2.37. The molecule has 5 rings (SSSR count). The molecule has 1 atom stereocenters. The maximum absolute atomic E-state index is 12.7. The van der Waals surface area contributed by atoms with Crippen LogP contribution >= 0.6 is 34.8 Å². The predicted octanol–water partition coefficient (Wildman–Crippen LogP) is 4.63. The van der Waals surface area contributed by atoms with Crippen molar-refractivity contribution in [3.05, 3.63) is 76.8 Å².